The van der Waals surface area contributed by atoms with Crippen LogP contribution in [0.5, 0.6) is 0 Å². The summed E-state index contributed by atoms with van der Waals surface area (Å²) < 4.78 is 28.2. The molecule has 1 aromatic heterocycles. The Kier molecular flexibility index (Phi) is 4.44. The summed E-state index contributed by atoms with van der Waals surface area (Å²) in [6.45, 7) is 3.42. The van der Waals surface area contributed by atoms with E-state index in [-0.39, 0.29) is 10.8 Å². The Hall–Kier alpha value is -1.41. The number of likely N-dealkylation sites (tertiary alicyclic amines) is 1. The van der Waals surface area contributed by atoms with E-state index in [2.05, 4.69) is 9.82 Å². The first-order valence-electron chi connectivity index (χ1n) is 6.68. The molecular formula is C12H20N4O3S. The molecule has 0 aliphatic carbocycles. The smallest absolute Gasteiger partial charge is 0.243 e. The molecule has 0 radical (unpaired) electrons. The zero-order valence-corrected chi connectivity index (χ0v) is 12.6. The van der Waals surface area contributed by atoms with Crippen LogP contribution in [-0.4, -0.2) is 48.6 Å². The van der Waals surface area contributed by atoms with Crippen LogP contribution in [0.3, 0.4) is 0 Å². The molecule has 0 atom stereocenters. The Labute approximate surface area is 119 Å². The molecule has 0 spiro atoms. The third-order valence-electron chi connectivity index (χ3n) is 3.55. The lowest BCUT2D eigenvalue weighted by Crippen LogP contribution is -2.30. The van der Waals surface area contributed by atoms with Crippen LogP contribution in [0, 0.1) is 6.92 Å². The molecule has 7 nitrogen and oxygen atoms in total. The zero-order chi connectivity index (χ0) is 14.8. The molecule has 1 amide bonds. The Bertz CT molecular complexity index is 594. The third kappa shape index (κ3) is 3.18. The van der Waals surface area contributed by atoms with Gasteiger partial charge in [0.1, 0.15) is 4.90 Å². The first kappa shape index (κ1) is 15.0. The Morgan fingerprint density at radius 2 is 2.20 bits per heavy atom. The second kappa shape index (κ2) is 5.92. The lowest BCUT2D eigenvalue weighted by atomic mass is 10.4. The maximum Gasteiger partial charge on any atom is 0.243 e. The minimum atomic E-state index is -3.52. The van der Waals surface area contributed by atoms with Crippen molar-refractivity contribution in [3.05, 3.63) is 11.9 Å². The standard InChI is InChI=1S/C12H20N4O3S/c1-10-11(9-13-15(10)2)20(18,19)14-6-4-8-16-7-3-5-12(16)17/h9,14H,3-8H2,1-2H3. The van der Waals surface area contributed by atoms with Crippen LogP contribution in [0.25, 0.3) is 0 Å². The summed E-state index contributed by atoms with van der Waals surface area (Å²) in [4.78, 5) is 13.4. The van der Waals surface area contributed by atoms with Crippen molar-refractivity contribution in [2.45, 2.75) is 31.1 Å². The number of hydrogen-bond donors (Lipinski definition) is 1. The fourth-order valence-electron chi connectivity index (χ4n) is 2.24. The molecule has 1 aliphatic rings. The molecule has 20 heavy (non-hydrogen) atoms. The van der Waals surface area contributed by atoms with E-state index in [9.17, 15) is 13.2 Å². The van der Waals surface area contributed by atoms with Gasteiger partial charge in [0.25, 0.3) is 0 Å². The number of nitrogens with one attached hydrogen (secondary N) is 1. The van der Waals surface area contributed by atoms with Gasteiger partial charge in [0.05, 0.1) is 11.9 Å². The van der Waals surface area contributed by atoms with Crippen molar-refractivity contribution in [1.82, 2.24) is 19.4 Å². The number of aryl methyl sites for hydroxylation is 1. The molecule has 8 heteroatoms. The third-order valence-corrected chi connectivity index (χ3v) is 5.11. The van der Waals surface area contributed by atoms with Crippen molar-refractivity contribution in [3.63, 3.8) is 0 Å². The minimum Gasteiger partial charge on any atom is -0.343 e. The number of aromatic nitrogens is 2. The summed E-state index contributed by atoms with van der Waals surface area (Å²) in [5.74, 6) is 0.163. The van der Waals surface area contributed by atoms with Gasteiger partial charge in [-0.25, -0.2) is 13.1 Å². The molecule has 1 saturated heterocycles. The number of rotatable bonds is 6. The van der Waals surface area contributed by atoms with E-state index in [0.717, 1.165) is 13.0 Å². The van der Waals surface area contributed by atoms with Gasteiger partial charge < -0.3 is 4.90 Å². The monoisotopic (exact) mass is 300 g/mol. The topological polar surface area (TPSA) is 84.3 Å². The second-order valence-electron chi connectivity index (χ2n) is 4.95. The van der Waals surface area contributed by atoms with Crippen molar-refractivity contribution in [2.75, 3.05) is 19.6 Å². The number of carbonyl (C=O) groups is 1. The van der Waals surface area contributed by atoms with E-state index in [1.807, 2.05) is 0 Å². The highest BCUT2D eigenvalue weighted by Gasteiger charge is 2.21. The molecule has 2 heterocycles. The van der Waals surface area contributed by atoms with Crippen molar-refractivity contribution >= 4 is 15.9 Å². The van der Waals surface area contributed by atoms with Crippen LogP contribution in [0.2, 0.25) is 0 Å². The molecule has 0 saturated carbocycles. The van der Waals surface area contributed by atoms with Gasteiger partial charge in [-0.1, -0.05) is 0 Å². The minimum absolute atomic E-state index is 0.163. The second-order valence-corrected chi connectivity index (χ2v) is 6.69. The first-order valence-corrected chi connectivity index (χ1v) is 8.16. The number of amides is 1. The predicted molar refractivity (Wildman–Crippen MR) is 73.6 cm³/mol. The fourth-order valence-corrected chi connectivity index (χ4v) is 3.51. The number of sulfonamides is 1. The van der Waals surface area contributed by atoms with Crippen LogP contribution >= 0.6 is 0 Å². The SMILES string of the molecule is Cc1c(S(=O)(=O)NCCCN2CCCC2=O)cnn1C. The van der Waals surface area contributed by atoms with E-state index in [1.165, 1.54) is 10.9 Å². The Morgan fingerprint density at radius 3 is 2.75 bits per heavy atom. The normalized spacial score (nSPS) is 16.1. The summed E-state index contributed by atoms with van der Waals surface area (Å²) >= 11 is 0. The maximum atomic E-state index is 12.1. The van der Waals surface area contributed by atoms with Crippen LogP contribution in [0.1, 0.15) is 25.0 Å². The fraction of sp³-hybridized carbons (Fsp3) is 0.667. The van der Waals surface area contributed by atoms with E-state index < -0.39 is 10.0 Å². The van der Waals surface area contributed by atoms with Crippen LogP contribution in [-0.2, 0) is 21.9 Å². The Balaban J connectivity index is 1.84. The zero-order valence-electron chi connectivity index (χ0n) is 11.8. The highest BCUT2D eigenvalue weighted by molar-refractivity contribution is 7.89. The predicted octanol–water partition coefficient (Wildman–Crippen LogP) is 0.0193. The molecule has 1 fully saturated rings. The first-order chi connectivity index (χ1) is 9.42. The van der Waals surface area contributed by atoms with Gasteiger partial charge in [-0.05, 0) is 19.8 Å². The molecule has 0 unspecified atom stereocenters. The quantitative estimate of drug-likeness (QED) is 0.751. The van der Waals surface area contributed by atoms with Crippen LogP contribution in [0.4, 0.5) is 0 Å². The van der Waals surface area contributed by atoms with Gasteiger partial charge in [-0.2, -0.15) is 5.10 Å². The lowest BCUT2D eigenvalue weighted by molar-refractivity contribution is -0.127. The van der Waals surface area contributed by atoms with Crippen molar-refractivity contribution in [2.24, 2.45) is 7.05 Å². The number of hydrogen-bond acceptors (Lipinski definition) is 4. The molecule has 1 N–H and O–H groups in total. The van der Waals surface area contributed by atoms with E-state index in [0.29, 0.717) is 31.6 Å². The van der Waals surface area contributed by atoms with E-state index in [1.54, 1.807) is 18.9 Å². The summed E-state index contributed by atoms with van der Waals surface area (Å²) in [5, 5.41) is 3.93. The number of nitrogens with zero attached hydrogens (tertiary/aromatic N) is 3. The molecule has 2 rings (SSSR count). The van der Waals surface area contributed by atoms with Crippen LogP contribution in [0.15, 0.2) is 11.1 Å². The summed E-state index contributed by atoms with van der Waals surface area (Å²) in [7, 11) is -1.81. The largest absolute Gasteiger partial charge is 0.343 e. The molecule has 0 bridgehead atoms. The molecule has 1 aromatic rings. The van der Waals surface area contributed by atoms with Gasteiger partial charge in [-0.3, -0.25) is 9.48 Å². The average molecular weight is 300 g/mol. The van der Waals surface area contributed by atoms with Crippen molar-refractivity contribution < 1.29 is 13.2 Å². The highest BCUT2D eigenvalue weighted by atomic mass is 32.2. The van der Waals surface area contributed by atoms with Gasteiger partial charge in [0, 0.05) is 33.1 Å². The van der Waals surface area contributed by atoms with Gasteiger partial charge in [-0.15, -0.1) is 0 Å². The maximum absolute atomic E-state index is 12.1. The molecule has 1 aliphatic heterocycles. The van der Waals surface area contributed by atoms with E-state index in [4.69, 9.17) is 0 Å². The summed E-state index contributed by atoms with van der Waals surface area (Å²) in [5.41, 5.74) is 0.604. The summed E-state index contributed by atoms with van der Waals surface area (Å²) in [6, 6.07) is 0. The number of carbonyl (C=O) groups excluding carboxylic acids is 1. The molecule has 0 aromatic carbocycles. The van der Waals surface area contributed by atoms with Crippen molar-refractivity contribution in [1.29, 1.82) is 0 Å². The van der Waals surface area contributed by atoms with Gasteiger partial charge in [0.15, 0.2) is 0 Å². The summed E-state index contributed by atoms with van der Waals surface area (Å²) in [6.07, 6.45) is 3.48. The van der Waals surface area contributed by atoms with Crippen molar-refractivity contribution in [3.8, 4) is 0 Å². The Morgan fingerprint density at radius 1 is 1.45 bits per heavy atom. The lowest BCUT2D eigenvalue weighted by Gasteiger charge is -2.15. The van der Waals surface area contributed by atoms with E-state index >= 15 is 0 Å². The van der Waals surface area contributed by atoms with Crippen LogP contribution < -0.4 is 4.72 Å². The highest BCUT2D eigenvalue weighted by Crippen LogP contribution is 2.13. The van der Waals surface area contributed by atoms with Gasteiger partial charge >= 0.3 is 0 Å². The average Bonchev–Trinajstić information content (AvgIpc) is 2.93. The van der Waals surface area contributed by atoms with Gasteiger partial charge in [0.2, 0.25) is 15.9 Å². The molecule has 112 valence electrons. The molecular weight excluding hydrogens is 280 g/mol.